The van der Waals surface area contributed by atoms with Crippen LogP contribution in [0.4, 0.5) is 0 Å². The fourth-order valence-corrected chi connectivity index (χ4v) is 0.526. The molecule has 0 aromatic carbocycles. The third-order valence-electron chi connectivity index (χ3n) is 1.25. The summed E-state index contributed by atoms with van der Waals surface area (Å²) < 4.78 is 8.97. The molecule has 0 fully saturated rings. The van der Waals surface area contributed by atoms with Crippen LogP contribution in [0.15, 0.2) is 13.2 Å². The molecule has 0 spiro atoms. The van der Waals surface area contributed by atoms with Crippen LogP contribution in [0.3, 0.4) is 0 Å². The highest BCUT2D eigenvalue weighted by Crippen LogP contribution is 1.89. The molecule has 0 aliphatic rings. The lowest BCUT2D eigenvalue weighted by Crippen LogP contribution is -2.24. The lowest BCUT2D eigenvalue weighted by molar-refractivity contribution is -0.161. The predicted molar refractivity (Wildman–Crippen MR) is 56.5 cm³/mol. The highest BCUT2D eigenvalue weighted by Gasteiger charge is 2.12. The molecular formula is C10H18O6. The molecule has 0 saturated heterocycles. The first-order valence-electron chi connectivity index (χ1n) is 4.64. The molecule has 0 radical (unpaired) electrons. The summed E-state index contributed by atoms with van der Waals surface area (Å²) in [6, 6.07) is 0. The topological polar surface area (TPSA) is 93.1 Å². The van der Waals surface area contributed by atoms with Gasteiger partial charge in [0.15, 0.2) is 0 Å². The molecule has 0 aromatic rings. The van der Waals surface area contributed by atoms with E-state index in [0.717, 1.165) is 0 Å². The lowest BCUT2D eigenvalue weighted by Gasteiger charge is -2.08. The maximum absolute atomic E-state index is 10.7. The van der Waals surface area contributed by atoms with E-state index in [4.69, 9.17) is 10.2 Å². The Morgan fingerprint density at radius 2 is 1.25 bits per heavy atom. The summed E-state index contributed by atoms with van der Waals surface area (Å²) in [5.74, 6) is -1.56. The Bertz CT molecular complexity index is 189. The van der Waals surface area contributed by atoms with Crippen LogP contribution in [0, 0.1) is 0 Å². The summed E-state index contributed by atoms with van der Waals surface area (Å²) in [5, 5.41) is 17.4. The molecule has 0 bridgehead atoms. The van der Waals surface area contributed by atoms with Crippen molar-refractivity contribution < 1.29 is 29.3 Å². The summed E-state index contributed by atoms with van der Waals surface area (Å²) in [4.78, 5) is 21.3. The Morgan fingerprint density at radius 1 is 1.00 bits per heavy atom. The molecule has 6 nitrogen and oxygen atoms in total. The van der Waals surface area contributed by atoms with Gasteiger partial charge in [-0.15, -0.1) is 13.2 Å². The van der Waals surface area contributed by atoms with Crippen molar-refractivity contribution in [2.75, 3.05) is 13.2 Å². The average Bonchev–Trinajstić information content (AvgIpc) is 2.26. The number of carbonyl (C=O) groups is 2. The summed E-state index contributed by atoms with van der Waals surface area (Å²) in [6.07, 6.45) is -2.38. The second-order valence-corrected chi connectivity index (χ2v) is 2.69. The number of esters is 2. The standard InChI is InChI=1S/C8H14O6.C2H4/c1-5(9)7(11)13-3-4-14-8(12)6(2)10;1-2/h5-6,9-10H,3-4H2,1-2H3;1-2H2. The van der Waals surface area contributed by atoms with Gasteiger partial charge in [-0.05, 0) is 13.8 Å². The van der Waals surface area contributed by atoms with Crippen molar-refractivity contribution in [3.8, 4) is 0 Å². The van der Waals surface area contributed by atoms with E-state index >= 15 is 0 Å². The number of aliphatic hydroxyl groups is 2. The molecule has 6 heteroatoms. The Morgan fingerprint density at radius 3 is 1.44 bits per heavy atom. The molecule has 0 rings (SSSR count). The largest absolute Gasteiger partial charge is 0.460 e. The van der Waals surface area contributed by atoms with E-state index in [1.54, 1.807) is 0 Å². The van der Waals surface area contributed by atoms with Crippen LogP contribution in [0.5, 0.6) is 0 Å². The Hall–Kier alpha value is -1.40. The van der Waals surface area contributed by atoms with E-state index in [1.165, 1.54) is 13.8 Å². The van der Waals surface area contributed by atoms with E-state index < -0.39 is 24.1 Å². The molecule has 0 heterocycles. The van der Waals surface area contributed by atoms with Crippen LogP contribution < -0.4 is 0 Å². The second-order valence-electron chi connectivity index (χ2n) is 2.69. The van der Waals surface area contributed by atoms with E-state index in [9.17, 15) is 9.59 Å². The summed E-state index contributed by atoms with van der Waals surface area (Å²) in [5.41, 5.74) is 0. The molecule has 0 aliphatic heterocycles. The average molecular weight is 234 g/mol. The second kappa shape index (κ2) is 10.1. The molecule has 2 N–H and O–H groups in total. The van der Waals surface area contributed by atoms with Gasteiger partial charge in [-0.1, -0.05) is 0 Å². The van der Waals surface area contributed by atoms with E-state index in [-0.39, 0.29) is 13.2 Å². The minimum atomic E-state index is -1.19. The predicted octanol–water partition coefficient (Wildman–Crippen LogP) is -0.363. The quantitative estimate of drug-likeness (QED) is 0.383. The molecule has 0 amide bonds. The van der Waals surface area contributed by atoms with Gasteiger partial charge in [-0.2, -0.15) is 0 Å². The number of carbonyl (C=O) groups excluding carboxylic acids is 2. The first-order valence-corrected chi connectivity index (χ1v) is 4.64. The van der Waals surface area contributed by atoms with Gasteiger partial charge in [0.05, 0.1) is 0 Å². The van der Waals surface area contributed by atoms with Gasteiger partial charge >= 0.3 is 11.9 Å². The molecular weight excluding hydrogens is 216 g/mol. The summed E-state index contributed by atoms with van der Waals surface area (Å²) >= 11 is 0. The molecule has 0 aliphatic carbocycles. The zero-order valence-electron chi connectivity index (χ0n) is 9.51. The van der Waals surface area contributed by atoms with E-state index in [2.05, 4.69) is 22.6 Å². The fourth-order valence-electron chi connectivity index (χ4n) is 0.526. The maximum atomic E-state index is 10.7. The van der Waals surface area contributed by atoms with Crippen LogP contribution in [0.2, 0.25) is 0 Å². The third kappa shape index (κ3) is 9.17. The van der Waals surface area contributed by atoms with Crippen molar-refractivity contribution in [2.45, 2.75) is 26.1 Å². The molecule has 16 heavy (non-hydrogen) atoms. The third-order valence-corrected chi connectivity index (χ3v) is 1.25. The molecule has 2 unspecified atom stereocenters. The number of rotatable bonds is 5. The van der Waals surface area contributed by atoms with Crippen LogP contribution >= 0.6 is 0 Å². The van der Waals surface area contributed by atoms with Gasteiger partial charge in [0.25, 0.3) is 0 Å². The fraction of sp³-hybridized carbons (Fsp3) is 0.600. The van der Waals surface area contributed by atoms with E-state index in [0.29, 0.717) is 0 Å². The van der Waals surface area contributed by atoms with Crippen LogP contribution in [-0.4, -0.2) is 47.6 Å². The molecule has 0 aromatic heterocycles. The molecule has 94 valence electrons. The monoisotopic (exact) mass is 234 g/mol. The van der Waals surface area contributed by atoms with Gasteiger partial charge in [-0.25, -0.2) is 9.59 Å². The number of aliphatic hydroxyl groups excluding tert-OH is 2. The van der Waals surface area contributed by atoms with Crippen molar-refractivity contribution in [3.05, 3.63) is 13.2 Å². The highest BCUT2D eigenvalue weighted by atomic mass is 16.6. The minimum Gasteiger partial charge on any atom is -0.460 e. The van der Waals surface area contributed by atoms with Gasteiger partial charge in [-0.3, -0.25) is 0 Å². The number of hydrogen-bond donors (Lipinski definition) is 2. The van der Waals surface area contributed by atoms with Crippen molar-refractivity contribution in [3.63, 3.8) is 0 Å². The number of hydrogen-bond acceptors (Lipinski definition) is 6. The summed E-state index contributed by atoms with van der Waals surface area (Å²) in [6.45, 7) is 8.26. The normalized spacial score (nSPS) is 12.8. The summed E-state index contributed by atoms with van der Waals surface area (Å²) in [7, 11) is 0. The van der Waals surface area contributed by atoms with Gasteiger partial charge < -0.3 is 19.7 Å². The number of ether oxygens (including phenoxy) is 2. The van der Waals surface area contributed by atoms with Crippen molar-refractivity contribution in [1.29, 1.82) is 0 Å². The van der Waals surface area contributed by atoms with Crippen LogP contribution in [0.25, 0.3) is 0 Å². The van der Waals surface area contributed by atoms with Crippen molar-refractivity contribution in [2.24, 2.45) is 0 Å². The SMILES string of the molecule is C=C.CC(O)C(=O)OCCOC(=O)C(C)O. The Kier molecular flexibility index (Phi) is 10.8. The van der Waals surface area contributed by atoms with Gasteiger partial charge in [0.1, 0.15) is 25.4 Å². The van der Waals surface area contributed by atoms with Crippen LogP contribution in [-0.2, 0) is 19.1 Å². The van der Waals surface area contributed by atoms with Gasteiger partial charge in [0, 0.05) is 0 Å². The lowest BCUT2D eigenvalue weighted by atomic mass is 10.4. The van der Waals surface area contributed by atoms with Crippen LogP contribution in [0.1, 0.15) is 13.8 Å². The first-order chi connectivity index (χ1) is 7.45. The highest BCUT2D eigenvalue weighted by molar-refractivity contribution is 5.74. The van der Waals surface area contributed by atoms with Crippen molar-refractivity contribution in [1.82, 2.24) is 0 Å². The smallest absolute Gasteiger partial charge is 0.334 e. The first kappa shape index (κ1) is 17.0. The zero-order valence-corrected chi connectivity index (χ0v) is 9.51. The zero-order chi connectivity index (χ0) is 13.1. The minimum absolute atomic E-state index is 0.137. The Balaban J connectivity index is 0. The molecule has 0 saturated carbocycles. The molecule has 2 atom stereocenters. The van der Waals surface area contributed by atoms with Gasteiger partial charge in [0.2, 0.25) is 0 Å². The van der Waals surface area contributed by atoms with E-state index in [1.807, 2.05) is 0 Å². The maximum Gasteiger partial charge on any atom is 0.334 e. The Labute approximate surface area is 94.5 Å². The van der Waals surface area contributed by atoms with Crippen molar-refractivity contribution >= 4 is 11.9 Å².